The third-order valence-corrected chi connectivity index (χ3v) is 3.90. The van der Waals surface area contributed by atoms with E-state index in [2.05, 4.69) is 4.98 Å². The molecule has 0 spiro atoms. The Bertz CT molecular complexity index is 977. The van der Waals surface area contributed by atoms with Crippen LogP contribution in [-0.2, 0) is 11.4 Å². The number of carbonyl (C=O) groups is 1. The van der Waals surface area contributed by atoms with Crippen LogP contribution in [-0.4, -0.2) is 16.1 Å². The Labute approximate surface area is 167 Å². The highest BCUT2D eigenvalue weighted by atomic mass is 35.5. The van der Waals surface area contributed by atoms with Crippen LogP contribution in [0.15, 0.2) is 73.1 Å². The molecule has 7 heteroatoms. The van der Waals surface area contributed by atoms with Gasteiger partial charge in [0.25, 0.3) is 5.91 Å². The van der Waals surface area contributed by atoms with Crippen LogP contribution in [0.3, 0.4) is 0 Å². The van der Waals surface area contributed by atoms with Crippen LogP contribution in [0.25, 0.3) is 6.08 Å². The summed E-state index contributed by atoms with van der Waals surface area (Å²) in [6, 6.07) is 15.9. The molecule has 1 heterocycles. The number of nitrogens with one attached hydrogen (secondary N) is 1. The number of benzene rings is 2. The minimum absolute atomic E-state index is 0.354. The lowest BCUT2D eigenvalue weighted by molar-refractivity contribution is -0.124. The molecule has 3 aromatic rings. The molecule has 3 rings (SSSR count). The maximum Gasteiger partial charge on any atom is 0.267 e. The second-order valence-corrected chi connectivity index (χ2v) is 6.15. The molecule has 0 unspecified atom stereocenters. The Morgan fingerprint density at radius 3 is 2.79 bits per heavy atom. The van der Waals surface area contributed by atoms with E-state index in [1.807, 2.05) is 12.1 Å². The van der Waals surface area contributed by atoms with E-state index >= 15 is 0 Å². The average molecular weight is 397 g/mol. The monoisotopic (exact) mass is 396 g/mol. The van der Waals surface area contributed by atoms with Gasteiger partial charge in [-0.1, -0.05) is 23.7 Å². The van der Waals surface area contributed by atoms with Crippen molar-refractivity contribution < 1.29 is 19.5 Å². The lowest BCUT2D eigenvalue weighted by atomic mass is 10.1. The quantitative estimate of drug-likeness (QED) is 0.346. The van der Waals surface area contributed by atoms with Crippen molar-refractivity contribution in [3.05, 3.63) is 89.2 Å². The lowest BCUT2D eigenvalue weighted by Gasteiger charge is -2.12. The van der Waals surface area contributed by atoms with Crippen LogP contribution in [0.4, 0.5) is 0 Å². The molecule has 0 atom stereocenters. The minimum atomic E-state index is -0.648. The number of rotatable bonds is 7. The van der Waals surface area contributed by atoms with Crippen molar-refractivity contribution in [2.75, 3.05) is 0 Å². The van der Waals surface area contributed by atoms with E-state index in [1.54, 1.807) is 60.3 Å². The van der Waals surface area contributed by atoms with Crippen molar-refractivity contribution in [2.45, 2.75) is 6.61 Å². The Morgan fingerprint density at radius 1 is 1.14 bits per heavy atom. The topological polar surface area (TPSA) is 80.7 Å². The second-order valence-electron chi connectivity index (χ2n) is 5.72. The van der Waals surface area contributed by atoms with Gasteiger partial charge in [0.1, 0.15) is 23.9 Å². The molecule has 0 saturated heterocycles. The van der Waals surface area contributed by atoms with Gasteiger partial charge in [-0.15, -0.1) is 0 Å². The van der Waals surface area contributed by atoms with Gasteiger partial charge in [0.05, 0.1) is 0 Å². The van der Waals surface area contributed by atoms with E-state index in [0.717, 1.165) is 5.56 Å². The van der Waals surface area contributed by atoms with E-state index in [9.17, 15) is 4.79 Å². The third-order valence-electron chi connectivity index (χ3n) is 3.66. The molecular weight excluding hydrogens is 380 g/mol. The van der Waals surface area contributed by atoms with Crippen LogP contribution < -0.4 is 15.0 Å². The van der Waals surface area contributed by atoms with Gasteiger partial charge in [0, 0.05) is 40.7 Å². The maximum atomic E-state index is 11.3. The number of aromatic nitrogens is 1. The van der Waals surface area contributed by atoms with E-state index in [1.165, 1.54) is 12.2 Å². The molecule has 2 N–H and O–H groups in total. The number of amides is 1. The maximum absolute atomic E-state index is 11.3. The molecule has 0 saturated carbocycles. The summed E-state index contributed by atoms with van der Waals surface area (Å²) in [7, 11) is 0. The Morgan fingerprint density at radius 2 is 2.04 bits per heavy atom. The normalized spacial score (nSPS) is 10.6. The number of hydrogen-bond donors (Lipinski definition) is 2. The molecule has 0 bridgehead atoms. The van der Waals surface area contributed by atoms with Gasteiger partial charge in [-0.3, -0.25) is 15.0 Å². The van der Waals surface area contributed by atoms with E-state index in [0.29, 0.717) is 34.4 Å². The van der Waals surface area contributed by atoms with Crippen LogP contribution in [0.2, 0.25) is 5.02 Å². The van der Waals surface area contributed by atoms with E-state index in [4.69, 9.17) is 26.3 Å². The van der Waals surface area contributed by atoms with Crippen molar-refractivity contribution in [3.63, 3.8) is 0 Å². The highest BCUT2D eigenvalue weighted by Crippen LogP contribution is 2.31. The largest absolute Gasteiger partial charge is 0.489 e. The zero-order valence-electron chi connectivity index (χ0n) is 14.7. The standard InChI is InChI=1S/C21H17ClN2O4/c22-17-4-1-5-19(11-17)28-20-12-18(27-14-15-3-2-10-23-13-15)8-6-16(20)7-9-21(25)24-26/h1-13,26H,14H2,(H,24,25). The molecule has 0 fully saturated rings. The number of hydrogen-bond acceptors (Lipinski definition) is 5. The summed E-state index contributed by atoms with van der Waals surface area (Å²) >= 11 is 6.02. The molecule has 6 nitrogen and oxygen atoms in total. The summed E-state index contributed by atoms with van der Waals surface area (Å²) in [6.07, 6.45) is 6.14. The zero-order chi connectivity index (χ0) is 19.8. The number of carbonyl (C=O) groups excluding carboxylic acids is 1. The van der Waals surface area contributed by atoms with Gasteiger partial charge in [-0.05, 0) is 42.5 Å². The van der Waals surface area contributed by atoms with Crippen LogP contribution in [0.1, 0.15) is 11.1 Å². The lowest BCUT2D eigenvalue weighted by Crippen LogP contribution is -2.14. The van der Waals surface area contributed by atoms with Crippen molar-refractivity contribution in [2.24, 2.45) is 0 Å². The Hall–Kier alpha value is -3.35. The molecule has 1 amide bonds. The molecule has 0 aliphatic carbocycles. The number of hydroxylamine groups is 1. The average Bonchev–Trinajstić information content (AvgIpc) is 2.72. The molecule has 142 valence electrons. The van der Waals surface area contributed by atoms with Crippen molar-refractivity contribution in [1.82, 2.24) is 10.5 Å². The van der Waals surface area contributed by atoms with E-state index < -0.39 is 5.91 Å². The zero-order valence-corrected chi connectivity index (χ0v) is 15.5. The molecule has 28 heavy (non-hydrogen) atoms. The predicted molar refractivity (Wildman–Crippen MR) is 106 cm³/mol. The first-order chi connectivity index (χ1) is 13.6. The predicted octanol–water partition coefficient (Wildman–Crippen LogP) is 4.62. The minimum Gasteiger partial charge on any atom is -0.489 e. The fraction of sp³-hybridized carbons (Fsp3) is 0.0476. The van der Waals surface area contributed by atoms with Gasteiger partial charge in [-0.25, -0.2) is 5.48 Å². The smallest absolute Gasteiger partial charge is 0.267 e. The fourth-order valence-corrected chi connectivity index (χ4v) is 2.52. The van der Waals surface area contributed by atoms with Crippen LogP contribution in [0, 0.1) is 0 Å². The highest BCUT2D eigenvalue weighted by molar-refractivity contribution is 6.30. The van der Waals surface area contributed by atoms with Gasteiger partial charge in [0.2, 0.25) is 0 Å². The molecule has 2 aromatic carbocycles. The van der Waals surface area contributed by atoms with Gasteiger partial charge < -0.3 is 9.47 Å². The third kappa shape index (κ3) is 5.57. The van der Waals surface area contributed by atoms with Crippen molar-refractivity contribution in [3.8, 4) is 17.2 Å². The Kier molecular flexibility index (Phi) is 6.62. The summed E-state index contributed by atoms with van der Waals surface area (Å²) < 4.78 is 11.7. The first-order valence-corrected chi connectivity index (χ1v) is 8.73. The van der Waals surface area contributed by atoms with Gasteiger partial charge >= 0.3 is 0 Å². The number of ether oxygens (including phenoxy) is 2. The number of nitrogens with zero attached hydrogens (tertiary/aromatic N) is 1. The molecule has 0 aliphatic heterocycles. The number of pyridine rings is 1. The van der Waals surface area contributed by atoms with Gasteiger partial charge in [-0.2, -0.15) is 0 Å². The van der Waals surface area contributed by atoms with E-state index in [-0.39, 0.29) is 0 Å². The first kappa shape index (κ1) is 19.4. The first-order valence-electron chi connectivity index (χ1n) is 8.35. The fourth-order valence-electron chi connectivity index (χ4n) is 2.34. The summed E-state index contributed by atoms with van der Waals surface area (Å²) in [5.74, 6) is 0.946. The molecule has 1 aromatic heterocycles. The molecular formula is C21H17ClN2O4. The summed E-state index contributed by atoms with van der Waals surface area (Å²) in [6.45, 7) is 0.354. The summed E-state index contributed by atoms with van der Waals surface area (Å²) in [4.78, 5) is 15.3. The van der Waals surface area contributed by atoms with Crippen LogP contribution >= 0.6 is 11.6 Å². The molecule has 0 radical (unpaired) electrons. The number of halogens is 1. The van der Waals surface area contributed by atoms with Crippen molar-refractivity contribution in [1.29, 1.82) is 0 Å². The van der Waals surface area contributed by atoms with Gasteiger partial charge in [0.15, 0.2) is 0 Å². The SMILES string of the molecule is O=C(C=Cc1ccc(OCc2cccnc2)cc1Oc1cccc(Cl)c1)NO. The Balaban J connectivity index is 1.84. The summed E-state index contributed by atoms with van der Waals surface area (Å²) in [5, 5.41) is 9.19. The second kappa shape index (κ2) is 9.55. The molecule has 0 aliphatic rings. The highest BCUT2D eigenvalue weighted by Gasteiger charge is 2.07. The van der Waals surface area contributed by atoms with Crippen molar-refractivity contribution >= 4 is 23.6 Å². The van der Waals surface area contributed by atoms with Crippen LogP contribution in [0.5, 0.6) is 17.2 Å². The summed E-state index contributed by atoms with van der Waals surface area (Å²) in [5.41, 5.74) is 3.10.